The molecule has 5 heteroatoms. The molecule has 0 aromatic heterocycles. The first-order chi connectivity index (χ1) is 8.88. The first-order valence-corrected chi connectivity index (χ1v) is 6.55. The molecule has 0 spiro atoms. The van der Waals surface area contributed by atoms with Crippen LogP contribution in [-0.2, 0) is 0 Å². The predicted octanol–water partition coefficient (Wildman–Crippen LogP) is 3.47. The standard InChI is InChI=1S/C14H21FN2O2/c1-5-16-10(4)14(9(2)3)12-7-6-11(15)8-13(12)17(18)19/h6-10,14,16H,5H2,1-4H3. The minimum Gasteiger partial charge on any atom is -0.314 e. The van der Waals surface area contributed by atoms with Crippen molar-refractivity contribution in [3.05, 3.63) is 39.7 Å². The molecule has 106 valence electrons. The number of nitrogens with one attached hydrogen (secondary N) is 1. The number of nitrogens with zero attached hydrogens (tertiary/aromatic N) is 1. The van der Waals surface area contributed by atoms with Gasteiger partial charge in [0.2, 0.25) is 0 Å². The largest absolute Gasteiger partial charge is 0.314 e. The molecule has 0 fully saturated rings. The lowest BCUT2D eigenvalue weighted by atomic mass is 9.82. The Morgan fingerprint density at radius 2 is 2.00 bits per heavy atom. The summed E-state index contributed by atoms with van der Waals surface area (Å²) >= 11 is 0. The van der Waals surface area contributed by atoms with E-state index in [2.05, 4.69) is 5.32 Å². The molecule has 2 unspecified atom stereocenters. The predicted molar refractivity (Wildman–Crippen MR) is 73.8 cm³/mol. The van der Waals surface area contributed by atoms with Crippen molar-refractivity contribution in [1.82, 2.24) is 5.32 Å². The molecule has 0 amide bonds. The van der Waals surface area contributed by atoms with Gasteiger partial charge in [0, 0.05) is 17.5 Å². The molecule has 0 saturated carbocycles. The van der Waals surface area contributed by atoms with E-state index in [9.17, 15) is 14.5 Å². The molecule has 1 aromatic rings. The van der Waals surface area contributed by atoms with Crippen molar-refractivity contribution >= 4 is 5.69 Å². The second kappa shape index (κ2) is 6.61. The topological polar surface area (TPSA) is 55.2 Å². The summed E-state index contributed by atoms with van der Waals surface area (Å²) in [5, 5.41) is 14.4. The van der Waals surface area contributed by atoms with Crippen molar-refractivity contribution in [2.45, 2.75) is 39.7 Å². The highest BCUT2D eigenvalue weighted by molar-refractivity contribution is 5.43. The number of rotatable bonds is 6. The Labute approximate surface area is 113 Å². The lowest BCUT2D eigenvalue weighted by Gasteiger charge is -2.28. The van der Waals surface area contributed by atoms with Crippen molar-refractivity contribution in [3.63, 3.8) is 0 Å². The van der Waals surface area contributed by atoms with Gasteiger partial charge in [0.15, 0.2) is 0 Å². The highest BCUT2D eigenvalue weighted by atomic mass is 19.1. The molecule has 1 N–H and O–H groups in total. The van der Waals surface area contributed by atoms with Gasteiger partial charge < -0.3 is 5.32 Å². The van der Waals surface area contributed by atoms with Crippen molar-refractivity contribution in [2.24, 2.45) is 5.92 Å². The van der Waals surface area contributed by atoms with Crippen LogP contribution in [0, 0.1) is 21.8 Å². The molecule has 2 atom stereocenters. The third-order valence-corrected chi connectivity index (χ3v) is 3.33. The van der Waals surface area contributed by atoms with Gasteiger partial charge in [-0.15, -0.1) is 0 Å². The second-order valence-electron chi connectivity index (χ2n) is 5.08. The number of nitro groups is 1. The summed E-state index contributed by atoms with van der Waals surface area (Å²) < 4.78 is 13.2. The first kappa shape index (κ1) is 15.6. The summed E-state index contributed by atoms with van der Waals surface area (Å²) in [4.78, 5) is 10.6. The van der Waals surface area contributed by atoms with Gasteiger partial charge in [-0.05, 0) is 31.5 Å². The average molecular weight is 268 g/mol. The van der Waals surface area contributed by atoms with Crippen molar-refractivity contribution in [3.8, 4) is 0 Å². The van der Waals surface area contributed by atoms with Crippen molar-refractivity contribution in [1.29, 1.82) is 0 Å². The van der Waals surface area contributed by atoms with E-state index in [-0.39, 0.29) is 23.6 Å². The second-order valence-corrected chi connectivity index (χ2v) is 5.08. The Hall–Kier alpha value is -1.49. The Balaban J connectivity index is 3.26. The molecule has 1 aromatic carbocycles. The molecule has 0 saturated heterocycles. The minimum absolute atomic E-state index is 0.0269. The zero-order valence-corrected chi connectivity index (χ0v) is 11.8. The monoisotopic (exact) mass is 268 g/mol. The van der Waals surface area contributed by atoms with Gasteiger partial charge in [-0.3, -0.25) is 10.1 Å². The van der Waals surface area contributed by atoms with Crippen LogP contribution in [-0.4, -0.2) is 17.5 Å². The summed E-state index contributed by atoms with van der Waals surface area (Å²) in [6.45, 7) is 8.82. The molecule has 1 rings (SSSR count). The maximum Gasteiger partial charge on any atom is 0.275 e. The van der Waals surface area contributed by atoms with E-state index in [4.69, 9.17) is 0 Å². The highest BCUT2D eigenvalue weighted by Crippen LogP contribution is 2.34. The quantitative estimate of drug-likeness (QED) is 0.635. The summed E-state index contributed by atoms with van der Waals surface area (Å²) in [5.74, 6) is -0.381. The molecule has 0 aliphatic heterocycles. The van der Waals surface area contributed by atoms with Crippen LogP contribution in [0.4, 0.5) is 10.1 Å². The molecule has 0 aliphatic rings. The summed E-state index contributed by atoms with van der Waals surface area (Å²) in [6, 6.07) is 3.92. The van der Waals surface area contributed by atoms with Crippen LogP contribution in [0.5, 0.6) is 0 Å². The molecule has 0 bridgehead atoms. The molecule has 0 radical (unpaired) electrons. The number of nitro benzene ring substituents is 1. The highest BCUT2D eigenvalue weighted by Gasteiger charge is 2.29. The number of hydrogen-bond acceptors (Lipinski definition) is 3. The van der Waals surface area contributed by atoms with Gasteiger partial charge in [-0.25, -0.2) is 4.39 Å². The molecule has 4 nitrogen and oxygen atoms in total. The minimum atomic E-state index is -0.575. The number of hydrogen-bond donors (Lipinski definition) is 1. The van der Waals surface area contributed by atoms with E-state index < -0.39 is 10.7 Å². The van der Waals surface area contributed by atoms with Crippen LogP contribution >= 0.6 is 0 Å². The Morgan fingerprint density at radius 3 is 2.47 bits per heavy atom. The Morgan fingerprint density at radius 1 is 1.37 bits per heavy atom. The first-order valence-electron chi connectivity index (χ1n) is 6.55. The van der Waals surface area contributed by atoms with E-state index >= 15 is 0 Å². The maximum atomic E-state index is 13.2. The zero-order chi connectivity index (χ0) is 14.6. The molecule has 0 heterocycles. The Kier molecular flexibility index (Phi) is 5.42. The molecule has 0 aliphatic carbocycles. The van der Waals surface area contributed by atoms with Crippen LogP contribution in [0.15, 0.2) is 18.2 Å². The number of halogens is 1. The van der Waals surface area contributed by atoms with Crippen LogP contribution in [0.2, 0.25) is 0 Å². The van der Waals surface area contributed by atoms with Gasteiger partial charge >= 0.3 is 0 Å². The smallest absolute Gasteiger partial charge is 0.275 e. The summed E-state index contributed by atoms with van der Waals surface area (Å²) in [7, 11) is 0. The van der Waals surface area contributed by atoms with Crippen LogP contribution in [0.25, 0.3) is 0 Å². The third kappa shape index (κ3) is 3.73. The fraction of sp³-hybridized carbons (Fsp3) is 0.571. The maximum absolute atomic E-state index is 13.2. The van der Waals surface area contributed by atoms with Crippen LogP contribution in [0.3, 0.4) is 0 Å². The fourth-order valence-corrected chi connectivity index (χ4v) is 2.61. The lowest BCUT2D eigenvalue weighted by Crippen LogP contribution is -2.34. The van der Waals surface area contributed by atoms with Gasteiger partial charge in [0.05, 0.1) is 11.0 Å². The summed E-state index contributed by atoms with van der Waals surface area (Å²) in [6.07, 6.45) is 0. The van der Waals surface area contributed by atoms with E-state index in [1.54, 1.807) is 0 Å². The SMILES string of the molecule is CCNC(C)C(c1ccc(F)cc1[N+](=O)[O-])C(C)C. The zero-order valence-electron chi connectivity index (χ0n) is 11.8. The van der Waals surface area contributed by atoms with Gasteiger partial charge in [-0.1, -0.05) is 20.8 Å². The molecule has 19 heavy (non-hydrogen) atoms. The average Bonchev–Trinajstić information content (AvgIpc) is 2.31. The van der Waals surface area contributed by atoms with Crippen LogP contribution < -0.4 is 5.32 Å². The van der Waals surface area contributed by atoms with E-state index in [1.165, 1.54) is 12.1 Å². The normalized spacial score (nSPS) is 14.4. The van der Waals surface area contributed by atoms with Gasteiger partial charge in [0.1, 0.15) is 5.82 Å². The number of benzene rings is 1. The summed E-state index contributed by atoms with van der Waals surface area (Å²) in [5.41, 5.74) is 0.457. The van der Waals surface area contributed by atoms with Gasteiger partial charge in [-0.2, -0.15) is 0 Å². The lowest BCUT2D eigenvalue weighted by molar-refractivity contribution is -0.386. The van der Waals surface area contributed by atoms with E-state index in [0.717, 1.165) is 12.6 Å². The van der Waals surface area contributed by atoms with Crippen LogP contribution in [0.1, 0.15) is 39.2 Å². The van der Waals surface area contributed by atoms with Gasteiger partial charge in [0.25, 0.3) is 5.69 Å². The molecular weight excluding hydrogens is 247 g/mol. The number of likely N-dealkylation sites (N-methyl/N-ethyl adjacent to an activating group) is 1. The van der Waals surface area contributed by atoms with E-state index in [1.807, 2.05) is 27.7 Å². The molecular formula is C14H21FN2O2. The van der Waals surface area contributed by atoms with Crippen molar-refractivity contribution < 1.29 is 9.31 Å². The fourth-order valence-electron chi connectivity index (χ4n) is 2.61. The third-order valence-electron chi connectivity index (χ3n) is 3.33. The van der Waals surface area contributed by atoms with Crippen molar-refractivity contribution in [2.75, 3.05) is 6.54 Å². The Bertz CT molecular complexity index is 449. The van der Waals surface area contributed by atoms with E-state index in [0.29, 0.717) is 5.56 Å².